The average Bonchev–Trinajstić information content (AvgIpc) is 3.03. The number of carbonyl (C=O) groups is 2. The van der Waals surface area contributed by atoms with Crippen LogP contribution < -0.4 is 0 Å². The lowest BCUT2D eigenvalue weighted by molar-refractivity contribution is -0.264. The van der Waals surface area contributed by atoms with Gasteiger partial charge in [-0.15, -0.1) is 0 Å². The molecule has 0 aliphatic carbocycles. The van der Waals surface area contributed by atoms with Crippen LogP contribution in [0.3, 0.4) is 0 Å². The summed E-state index contributed by atoms with van der Waals surface area (Å²) in [6.45, 7) is 8.91. The van der Waals surface area contributed by atoms with Gasteiger partial charge in [0.05, 0.1) is 6.10 Å². The van der Waals surface area contributed by atoms with Crippen LogP contribution >= 0.6 is 0 Å². The molecule has 0 amide bonds. The van der Waals surface area contributed by atoms with E-state index in [1.54, 1.807) is 13.8 Å². The van der Waals surface area contributed by atoms with E-state index in [4.69, 9.17) is 14.2 Å². The van der Waals surface area contributed by atoms with E-state index in [1.165, 1.54) is 6.08 Å². The van der Waals surface area contributed by atoms with E-state index in [-0.39, 0.29) is 24.0 Å². The van der Waals surface area contributed by atoms with Gasteiger partial charge in [0.25, 0.3) is 0 Å². The Morgan fingerprint density at radius 1 is 1.28 bits per heavy atom. The molecule has 0 aromatic heterocycles. The van der Waals surface area contributed by atoms with Gasteiger partial charge >= 0.3 is 5.97 Å². The summed E-state index contributed by atoms with van der Waals surface area (Å²) in [6, 6.07) is 0. The number of rotatable bonds is 1. The normalized spacial score (nSPS) is 50.3. The smallest absolute Gasteiger partial charge is 0.318 e. The number of allylic oxidation sites excluding steroid dienone is 1. The number of hydrogen-bond donors (Lipinski definition) is 1. The summed E-state index contributed by atoms with van der Waals surface area (Å²) >= 11 is 0. The molecule has 0 aromatic carbocycles. The number of carbonyl (C=O) groups excluding carboxylic acids is 2. The fraction of sp³-hybridized carbons (Fsp3) is 0.684. The van der Waals surface area contributed by atoms with E-state index >= 15 is 0 Å². The van der Waals surface area contributed by atoms with Gasteiger partial charge in [-0.05, 0) is 32.4 Å². The highest BCUT2D eigenvalue weighted by Gasteiger charge is 2.74. The topological polar surface area (TPSA) is 82.1 Å². The molecule has 25 heavy (non-hydrogen) atoms. The minimum Gasteiger partial charge on any atom is -0.479 e. The third-order valence-electron chi connectivity index (χ3n) is 6.46. The van der Waals surface area contributed by atoms with Gasteiger partial charge in [-0.2, -0.15) is 0 Å². The largest absolute Gasteiger partial charge is 0.479 e. The number of esters is 1. The van der Waals surface area contributed by atoms with Crippen molar-refractivity contribution < 1.29 is 28.9 Å². The lowest BCUT2D eigenvalue weighted by Gasteiger charge is -2.37. The van der Waals surface area contributed by atoms with Crippen LogP contribution in [0.5, 0.6) is 0 Å². The monoisotopic (exact) mass is 348 g/mol. The van der Waals surface area contributed by atoms with E-state index in [1.807, 2.05) is 26.8 Å². The van der Waals surface area contributed by atoms with Crippen molar-refractivity contribution in [1.29, 1.82) is 0 Å². The van der Waals surface area contributed by atoms with Gasteiger partial charge in [0, 0.05) is 24.3 Å². The van der Waals surface area contributed by atoms with Crippen molar-refractivity contribution in [3.05, 3.63) is 23.5 Å². The molecule has 0 saturated carbocycles. The van der Waals surface area contributed by atoms with Gasteiger partial charge in [-0.3, -0.25) is 9.59 Å². The van der Waals surface area contributed by atoms with Crippen LogP contribution in [0.2, 0.25) is 0 Å². The van der Waals surface area contributed by atoms with Crippen molar-refractivity contribution in [2.45, 2.75) is 64.6 Å². The van der Waals surface area contributed by atoms with E-state index in [0.717, 1.165) is 5.57 Å². The summed E-state index contributed by atoms with van der Waals surface area (Å²) in [4.78, 5) is 25.3. The highest BCUT2D eigenvalue weighted by molar-refractivity contribution is 6.00. The van der Waals surface area contributed by atoms with E-state index in [0.29, 0.717) is 5.76 Å². The number of hydrogen-bond acceptors (Lipinski definition) is 6. The molecular weight excluding hydrogens is 324 g/mol. The van der Waals surface area contributed by atoms with Crippen molar-refractivity contribution in [2.75, 3.05) is 0 Å². The van der Waals surface area contributed by atoms with Gasteiger partial charge in [0.2, 0.25) is 5.78 Å². The summed E-state index contributed by atoms with van der Waals surface area (Å²) in [5, 5.41) is 11.3. The second-order valence-electron chi connectivity index (χ2n) is 8.37. The molecule has 0 aromatic rings. The summed E-state index contributed by atoms with van der Waals surface area (Å²) in [5.74, 6) is -2.41. The Bertz CT molecular complexity index is 736. The van der Waals surface area contributed by atoms with Crippen LogP contribution in [0.15, 0.2) is 23.5 Å². The van der Waals surface area contributed by atoms with Crippen LogP contribution in [-0.4, -0.2) is 40.5 Å². The van der Waals surface area contributed by atoms with Gasteiger partial charge in [0.1, 0.15) is 17.3 Å². The first kappa shape index (κ1) is 16.8. The van der Waals surface area contributed by atoms with Crippen molar-refractivity contribution in [3.8, 4) is 0 Å². The fourth-order valence-corrected chi connectivity index (χ4v) is 4.86. The van der Waals surface area contributed by atoms with Crippen LogP contribution in [0, 0.1) is 17.3 Å². The zero-order valence-electron chi connectivity index (χ0n) is 15.2. The number of ketones is 1. The molecule has 4 heterocycles. The molecule has 4 aliphatic heterocycles. The predicted octanol–water partition coefficient (Wildman–Crippen LogP) is 1.87. The number of ether oxygens (including phenoxy) is 3. The standard InChI is InChI=1S/C19H24O6/c1-9(2)19(22)18(5)15-12(23-16(18)21)6-10(3)11-7-14(20)17(4,24-11)8-13(15)25-19/h6-7,9,12-13,15,22H,8H2,1-5H3/b10-6-/t12-,13+,15+,17+,18-,19+/m0/s1. The van der Waals surface area contributed by atoms with Crippen LogP contribution in [-0.2, 0) is 23.8 Å². The zero-order chi connectivity index (χ0) is 18.4. The Morgan fingerprint density at radius 3 is 2.60 bits per heavy atom. The molecule has 0 spiro atoms. The average molecular weight is 348 g/mol. The lowest BCUT2D eigenvalue weighted by Crippen LogP contribution is -2.52. The second kappa shape index (κ2) is 4.74. The quantitative estimate of drug-likeness (QED) is 0.729. The summed E-state index contributed by atoms with van der Waals surface area (Å²) in [7, 11) is 0. The Labute approximate surface area is 146 Å². The third kappa shape index (κ3) is 1.87. The summed E-state index contributed by atoms with van der Waals surface area (Å²) in [6.07, 6.45) is 2.52. The Morgan fingerprint density at radius 2 is 1.96 bits per heavy atom. The molecule has 6 atom stereocenters. The van der Waals surface area contributed by atoms with Crippen LogP contribution in [0.25, 0.3) is 0 Å². The Kier molecular flexibility index (Phi) is 3.18. The molecule has 4 rings (SSSR count). The fourth-order valence-electron chi connectivity index (χ4n) is 4.86. The van der Waals surface area contributed by atoms with Crippen molar-refractivity contribution in [1.82, 2.24) is 0 Å². The molecule has 6 heteroatoms. The van der Waals surface area contributed by atoms with Crippen molar-refractivity contribution in [3.63, 3.8) is 0 Å². The van der Waals surface area contributed by atoms with Gasteiger partial charge in [-0.25, -0.2) is 0 Å². The highest BCUT2D eigenvalue weighted by atomic mass is 16.7. The molecular formula is C19H24O6. The minimum atomic E-state index is -1.65. The predicted molar refractivity (Wildman–Crippen MR) is 87.1 cm³/mol. The molecule has 2 bridgehead atoms. The number of fused-ring (bicyclic) bond motifs is 2. The molecule has 0 radical (unpaired) electrons. The summed E-state index contributed by atoms with van der Waals surface area (Å²) in [5.41, 5.74) is -1.50. The summed E-state index contributed by atoms with van der Waals surface area (Å²) < 4.78 is 17.7. The third-order valence-corrected chi connectivity index (χ3v) is 6.46. The highest BCUT2D eigenvalue weighted by Crippen LogP contribution is 2.60. The van der Waals surface area contributed by atoms with E-state index in [2.05, 4.69) is 0 Å². The maximum absolute atomic E-state index is 12.8. The van der Waals surface area contributed by atoms with E-state index < -0.39 is 35.0 Å². The molecule has 2 saturated heterocycles. The number of aliphatic hydroxyl groups is 1. The van der Waals surface area contributed by atoms with Crippen molar-refractivity contribution in [2.24, 2.45) is 17.3 Å². The molecule has 6 nitrogen and oxygen atoms in total. The van der Waals surface area contributed by atoms with Crippen LogP contribution in [0.1, 0.15) is 41.0 Å². The SMILES string of the molecule is C/C1=C/[C@@H]2OC(=O)[C@]3(C)[C@H]2[C@@H](C[C@@]2(C)OC1=CC2=O)O[C@]3(O)C(C)C. The Balaban J connectivity index is 1.89. The van der Waals surface area contributed by atoms with Gasteiger partial charge in [-0.1, -0.05) is 13.8 Å². The van der Waals surface area contributed by atoms with Crippen LogP contribution in [0.4, 0.5) is 0 Å². The maximum atomic E-state index is 12.8. The first-order valence-corrected chi connectivity index (χ1v) is 8.78. The van der Waals surface area contributed by atoms with Gasteiger partial charge < -0.3 is 19.3 Å². The molecule has 2 fully saturated rings. The molecule has 1 N–H and O–H groups in total. The van der Waals surface area contributed by atoms with E-state index in [9.17, 15) is 14.7 Å². The molecule has 136 valence electrons. The molecule has 0 unspecified atom stereocenters. The van der Waals surface area contributed by atoms with Gasteiger partial charge in [0.15, 0.2) is 11.4 Å². The minimum absolute atomic E-state index is 0.121. The zero-order valence-corrected chi connectivity index (χ0v) is 15.2. The lowest BCUT2D eigenvalue weighted by atomic mass is 9.66. The second-order valence-corrected chi connectivity index (χ2v) is 8.37. The first-order valence-electron chi connectivity index (χ1n) is 8.78. The van der Waals surface area contributed by atoms with Crippen molar-refractivity contribution >= 4 is 11.8 Å². The first-order chi connectivity index (χ1) is 11.5. The molecule has 4 aliphatic rings. The maximum Gasteiger partial charge on any atom is 0.318 e. The Hall–Kier alpha value is -1.66.